The van der Waals surface area contributed by atoms with E-state index in [-0.39, 0.29) is 5.41 Å². The maximum atomic E-state index is 12.2. The first-order valence-electron chi connectivity index (χ1n) is 8.87. The van der Waals surface area contributed by atoms with E-state index >= 15 is 0 Å². The van der Waals surface area contributed by atoms with Crippen LogP contribution in [0.2, 0.25) is 0 Å². The second-order valence-corrected chi connectivity index (χ2v) is 8.96. The topological polar surface area (TPSA) is 17.1 Å². The highest BCUT2D eigenvalue weighted by Gasteiger charge is 2.51. The molecule has 0 spiro atoms. The number of carbonyl (C=O) groups excluding carboxylic acids is 1. The molecule has 1 unspecified atom stereocenters. The monoisotopic (exact) mass is 290 g/mol. The molecule has 0 aromatic heterocycles. The van der Waals surface area contributed by atoms with Crippen LogP contribution in [0.15, 0.2) is 12.2 Å². The van der Waals surface area contributed by atoms with Gasteiger partial charge in [0.15, 0.2) is 0 Å². The number of Topliss-reactive ketones (excluding diaryl/α,β-unsaturated/α-hetero) is 1. The van der Waals surface area contributed by atoms with Crippen LogP contribution in [0, 0.1) is 34.5 Å². The highest BCUT2D eigenvalue weighted by atomic mass is 16.1. The number of carbonyl (C=O) groups is 1. The molecule has 0 heterocycles. The normalized spacial score (nSPS) is 36.8. The molecule has 0 aromatic carbocycles. The van der Waals surface area contributed by atoms with E-state index in [9.17, 15) is 4.79 Å². The zero-order valence-electron chi connectivity index (χ0n) is 14.9. The molecule has 0 aromatic rings. The minimum Gasteiger partial charge on any atom is -0.299 e. The third-order valence-electron chi connectivity index (χ3n) is 6.64. The predicted octanol–water partition coefficient (Wildman–Crippen LogP) is 5.65. The van der Waals surface area contributed by atoms with E-state index in [1.54, 1.807) is 0 Å². The van der Waals surface area contributed by atoms with Crippen molar-refractivity contribution in [1.29, 1.82) is 0 Å². The maximum absolute atomic E-state index is 12.2. The third kappa shape index (κ3) is 3.27. The van der Waals surface area contributed by atoms with Gasteiger partial charge in [0.25, 0.3) is 0 Å². The molecule has 0 N–H and O–H groups in total. The second-order valence-electron chi connectivity index (χ2n) is 8.96. The molecule has 0 saturated heterocycles. The summed E-state index contributed by atoms with van der Waals surface area (Å²) < 4.78 is 0. The van der Waals surface area contributed by atoms with Crippen LogP contribution in [0.5, 0.6) is 0 Å². The highest BCUT2D eigenvalue weighted by Crippen LogP contribution is 2.56. The van der Waals surface area contributed by atoms with Crippen molar-refractivity contribution in [1.82, 2.24) is 0 Å². The molecule has 120 valence electrons. The molecule has 21 heavy (non-hydrogen) atoms. The van der Waals surface area contributed by atoms with Crippen LogP contribution in [0.1, 0.15) is 73.6 Å². The van der Waals surface area contributed by atoms with Crippen molar-refractivity contribution in [3.63, 3.8) is 0 Å². The molecule has 1 nitrogen and oxygen atoms in total. The van der Waals surface area contributed by atoms with Gasteiger partial charge < -0.3 is 0 Å². The van der Waals surface area contributed by atoms with Gasteiger partial charge in [0, 0.05) is 12.3 Å². The van der Waals surface area contributed by atoms with Gasteiger partial charge in [0.05, 0.1) is 0 Å². The molecule has 0 aliphatic heterocycles. The molecule has 0 bridgehead atoms. The van der Waals surface area contributed by atoms with Crippen LogP contribution in [-0.2, 0) is 4.79 Å². The van der Waals surface area contributed by atoms with Crippen molar-refractivity contribution in [2.45, 2.75) is 73.6 Å². The van der Waals surface area contributed by atoms with Gasteiger partial charge in [-0.15, -0.1) is 0 Å². The van der Waals surface area contributed by atoms with E-state index in [1.165, 1.54) is 12.8 Å². The first kappa shape index (κ1) is 16.8. The number of hydrogen-bond acceptors (Lipinski definition) is 1. The fourth-order valence-electron chi connectivity index (χ4n) is 4.60. The zero-order valence-corrected chi connectivity index (χ0v) is 14.9. The third-order valence-corrected chi connectivity index (χ3v) is 6.64. The summed E-state index contributed by atoms with van der Waals surface area (Å²) in [6.07, 6.45) is 10.4. The summed E-state index contributed by atoms with van der Waals surface area (Å²) in [6, 6.07) is 0. The average molecular weight is 290 g/mol. The molecule has 2 rings (SSSR count). The second kappa shape index (κ2) is 5.89. The Morgan fingerprint density at radius 2 is 1.86 bits per heavy atom. The molecule has 5 atom stereocenters. The standard InChI is InChI=1S/C20H34O/c1-14(9-10-15(2)19(3,4)5)16-11-12-17-18(21)8-7-13-20(16,17)6/h9-10,14-17H,7-8,11-13H2,1-6H3/b10-9+/t14-,15?,16-,17+,20-/m1/s1. The van der Waals surface area contributed by atoms with E-state index < -0.39 is 0 Å². The molecule has 2 saturated carbocycles. The molecule has 0 radical (unpaired) electrons. The van der Waals surface area contributed by atoms with Gasteiger partial charge in [-0.25, -0.2) is 0 Å². The lowest BCUT2D eigenvalue weighted by Crippen LogP contribution is -2.39. The summed E-state index contributed by atoms with van der Waals surface area (Å²) in [7, 11) is 0. The van der Waals surface area contributed by atoms with Crippen LogP contribution in [0.25, 0.3) is 0 Å². The fraction of sp³-hybridized carbons (Fsp3) is 0.850. The van der Waals surface area contributed by atoms with Gasteiger partial charge in [-0.2, -0.15) is 0 Å². The first-order chi connectivity index (χ1) is 9.66. The summed E-state index contributed by atoms with van der Waals surface area (Å²) in [4.78, 5) is 12.2. The van der Waals surface area contributed by atoms with Crippen molar-refractivity contribution in [2.24, 2.45) is 34.5 Å². The molecular weight excluding hydrogens is 256 g/mol. The average Bonchev–Trinajstić information content (AvgIpc) is 2.73. The number of fused-ring (bicyclic) bond motifs is 1. The van der Waals surface area contributed by atoms with Crippen LogP contribution >= 0.6 is 0 Å². The van der Waals surface area contributed by atoms with Crippen molar-refractivity contribution in [3.8, 4) is 0 Å². The van der Waals surface area contributed by atoms with Gasteiger partial charge >= 0.3 is 0 Å². The predicted molar refractivity (Wildman–Crippen MR) is 90.1 cm³/mol. The van der Waals surface area contributed by atoms with Crippen molar-refractivity contribution >= 4 is 5.78 Å². The zero-order chi connectivity index (χ0) is 15.8. The molecule has 1 heteroatoms. The van der Waals surface area contributed by atoms with E-state index in [1.807, 2.05) is 0 Å². The summed E-state index contributed by atoms with van der Waals surface area (Å²) >= 11 is 0. The van der Waals surface area contributed by atoms with E-state index in [0.717, 1.165) is 19.3 Å². The first-order valence-corrected chi connectivity index (χ1v) is 8.87. The van der Waals surface area contributed by atoms with Crippen molar-refractivity contribution in [3.05, 3.63) is 12.2 Å². The Morgan fingerprint density at radius 3 is 2.48 bits per heavy atom. The lowest BCUT2D eigenvalue weighted by molar-refractivity contribution is -0.129. The lowest BCUT2D eigenvalue weighted by atomic mass is 9.62. The van der Waals surface area contributed by atoms with Crippen LogP contribution in [0.3, 0.4) is 0 Å². The van der Waals surface area contributed by atoms with Crippen molar-refractivity contribution in [2.75, 3.05) is 0 Å². The molecule has 2 fully saturated rings. The highest BCUT2D eigenvalue weighted by molar-refractivity contribution is 5.83. The SMILES string of the molecule is CC(/C=C/[C@@H](C)[C@H]1CC[C@H]2C(=O)CCC[C@]12C)C(C)(C)C. The van der Waals surface area contributed by atoms with Gasteiger partial charge in [-0.1, -0.05) is 53.7 Å². The van der Waals surface area contributed by atoms with Crippen molar-refractivity contribution < 1.29 is 4.79 Å². The van der Waals surface area contributed by atoms with Crippen LogP contribution in [-0.4, -0.2) is 5.78 Å². The van der Waals surface area contributed by atoms with Crippen LogP contribution in [0.4, 0.5) is 0 Å². The Labute approximate surface area is 131 Å². The Morgan fingerprint density at radius 1 is 1.19 bits per heavy atom. The van der Waals surface area contributed by atoms with Gasteiger partial charge in [0.2, 0.25) is 0 Å². The molecular formula is C20H34O. The van der Waals surface area contributed by atoms with E-state index in [0.29, 0.717) is 34.9 Å². The Kier molecular flexibility index (Phi) is 4.71. The maximum Gasteiger partial charge on any atom is 0.136 e. The molecule has 2 aliphatic rings. The molecule has 2 aliphatic carbocycles. The summed E-state index contributed by atoms with van der Waals surface area (Å²) in [5, 5.41) is 0. The lowest BCUT2D eigenvalue weighted by Gasteiger charge is -2.41. The summed E-state index contributed by atoms with van der Waals surface area (Å²) in [5.41, 5.74) is 0.600. The quantitative estimate of drug-likeness (QED) is 0.614. The Balaban J connectivity index is 2.08. The Hall–Kier alpha value is -0.590. The number of hydrogen-bond donors (Lipinski definition) is 0. The van der Waals surface area contributed by atoms with Gasteiger partial charge in [0.1, 0.15) is 5.78 Å². The van der Waals surface area contributed by atoms with E-state index in [2.05, 4.69) is 53.7 Å². The number of allylic oxidation sites excluding steroid dienone is 2. The van der Waals surface area contributed by atoms with Gasteiger partial charge in [-0.05, 0) is 54.3 Å². The Bertz CT molecular complexity index is 414. The van der Waals surface area contributed by atoms with Crippen LogP contribution < -0.4 is 0 Å². The summed E-state index contributed by atoms with van der Waals surface area (Å²) in [6.45, 7) is 14.0. The fourth-order valence-corrected chi connectivity index (χ4v) is 4.60. The smallest absolute Gasteiger partial charge is 0.136 e. The largest absolute Gasteiger partial charge is 0.299 e. The van der Waals surface area contributed by atoms with E-state index in [4.69, 9.17) is 0 Å². The number of ketones is 1. The summed E-state index contributed by atoms with van der Waals surface area (Å²) in [5.74, 6) is 2.78. The number of rotatable bonds is 3. The molecule has 0 amide bonds. The van der Waals surface area contributed by atoms with Gasteiger partial charge in [-0.3, -0.25) is 4.79 Å². The minimum atomic E-state index is 0.268. The minimum absolute atomic E-state index is 0.268.